The first-order valence-electron chi connectivity index (χ1n) is 8.39. The molecule has 0 saturated heterocycles. The van der Waals surface area contributed by atoms with Gasteiger partial charge in [0.05, 0.1) is 22.9 Å². The van der Waals surface area contributed by atoms with E-state index in [2.05, 4.69) is 10.4 Å². The minimum atomic E-state index is -1.02. The second-order valence-electron chi connectivity index (χ2n) is 6.18. The Labute approximate surface area is 173 Å². The summed E-state index contributed by atoms with van der Waals surface area (Å²) in [5.74, 6) is 1.40. The topological polar surface area (TPSA) is 73.2 Å². The molecule has 3 aromatic rings. The molecule has 1 aliphatic heterocycles. The molecule has 0 bridgehead atoms. The fraction of sp³-hybridized carbons (Fsp3) is 0.158. The summed E-state index contributed by atoms with van der Waals surface area (Å²) in [6.07, 6.45) is 0. The molecule has 2 aromatic carbocycles. The van der Waals surface area contributed by atoms with Crippen LogP contribution >= 0.6 is 23.2 Å². The number of carbonyl (C=O) groups is 1. The summed E-state index contributed by atoms with van der Waals surface area (Å²) in [6.45, 7) is -0.180. The van der Waals surface area contributed by atoms with Crippen molar-refractivity contribution in [2.24, 2.45) is 0 Å². The van der Waals surface area contributed by atoms with Crippen LogP contribution in [-0.4, -0.2) is 26.5 Å². The van der Waals surface area contributed by atoms with E-state index in [0.29, 0.717) is 44.5 Å². The Kier molecular flexibility index (Phi) is 5.39. The number of aromatic nitrogens is 2. The fourth-order valence-electron chi connectivity index (χ4n) is 2.90. The summed E-state index contributed by atoms with van der Waals surface area (Å²) in [6, 6.07) is 13.9. The molecule has 0 radical (unpaired) electrons. The highest BCUT2D eigenvalue weighted by Gasteiger charge is 2.28. The molecule has 28 heavy (non-hydrogen) atoms. The van der Waals surface area contributed by atoms with E-state index >= 15 is 0 Å². The standard InChI is InChI=1S/C19H15Cl2N3O3S/c20-12-4-6-15(7-5-12)27-9-18(25)22-19-16-10-28(26)11-17(16)23-24(19)14-3-1-2-13(21)8-14/h1-8H,9-11H2,(H,22,25)/t28-/m0/s1. The van der Waals surface area contributed by atoms with Crippen LogP contribution in [0.2, 0.25) is 10.0 Å². The van der Waals surface area contributed by atoms with Crippen LogP contribution in [0, 0.1) is 0 Å². The molecule has 144 valence electrons. The maximum Gasteiger partial charge on any atom is 0.263 e. The van der Waals surface area contributed by atoms with Crippen LogP contribution in [0.3, 0.4) is 0 Å². The Morgan fingerprint density at radius 2 is 1.93 bits per heavy atom. The highest BCUT2D eigenvalue weighted by molar-refractivity contribution is 7.83. The highest BCUT2D eigenvalue weighted by Crippen LogP contribution is 2.31. The van der Waals surface area contributed by atoms with E-state index in [-0.39, 0.29) is 12.5 Å². The maximum absolute atomic E-state index is 12.5. The van der Waals surface area contributed by atoms with Gasteiger partial charge in [0.2, 0.25) is 0 Å². The predicted molar refractivity (Wildman–Crippen MR) is 110 cm³/mol. The third kappa shape index (κ3) is 4.06. The number of nitrogens with one attached hydrogen (secondary N) is 1. The van der Waals surface area contributed by atoms with Gasteiger partial charge in [0.1, 0.15) is 11.6 Å². The number of fused-ring (bicyclic) bond motifs is 1. The Morgan fingerprint density at radius 3 is 2.68 bits per heavy atom. The van der Waals surface area contributed by atoms with Crippen molar-refractivity contribution in [3.8, 4) is 11.4 Å². The van der Waals surface area contributed by atoms with Gasteiger partial charge in [0.15, 0.2) is 6.61 Å². The lowest BCUT2D eigenvalue weighted by Crippen LogP contribution is -2.22. The summed E-state index contributed by atoms with van der Waals surface area (Å²) in [5, 5.41) is 8.52. The first kappa shape index (κ1) is 19.0. The molecule has 0 fully saturated rings. The Morgan fingerprint density at radius 1 is 1.14 bits per heavy atom. The second kappa shape index (κ2) is 7.95. The molecule has 9 heteroatoms. The molecule has 0 unspecified atom stereocenters. The SMILES string of the molecule is O=C(COc1ccc(Cl)cc1)Nc1c2c(nn1-c1cccc(Cl)c1)C[S@@](=O)C2. The van der Waals surface area contributed by atoms with Gasteiger partial charge in [-0.25, -0.2) is 4.68 Å². The number of anilines is 1. The number of halogens is 2. The molecule has 2 heterocycles. The van der Waals surface area contributed by atoms with Gasteiger partial charge in [-0.2, -0.15) is 5.10 Å². The first-order valence-corrected chi connectivity index (χ1v) is 10.6. The number of rotatable bonds is 5. The van der Waals surface area contributed by atoms with E-state index in [1.165, 1.54) is 0 Å². The lowest BCUT2D eigenvalue weighted by atomic mass is 10.2. The number of hydrogen-bond donors (Lipinski definition) is 1. The Balaban J connectivity index is 1.57. The lowest BCUT2D eigenvalue weighted by molar-refractivity contribution is -0.118. The van der Waals surface area contributed by atoms with Gasteiger partial charge >= 0.3 is 0 Å². The van der Waals surface area contributed by atoms with Crippen molar-refractivity contribution in [2.75, 3.05) is 11.9 Å². The van der Waals surface area contributed by atoms with Gasteiger partial charge in [-0.1, -0.05) is 29.3 Å². The number of amides is 1. The molecule has 1 amide bonds. The third-order valence-corrected chi connectivity index (χ3v) is 5.86. The number of ether oxygens (including phenoxy) is 1. The maximum atomic E-state index is 12.5. The van der Waals surface area contributed by atoms with Crippen molar-refractivity contribution in [1.82, 2.24) is 9.78 Å². The van der Waals surface area contributed by atoms with E-state index in [1.807, 2.05) is 6.07 Å². The second-order valence-corrected chi connectivity index (χ2v) is 8.51. The highest BCUT2D eigenvalue weighted by atomic mass is 35.5. The minimum Gasteiger partial charge on any atom is -0.484 e. The summed E-state index contributed by atoms with van der Waals surface area (Å²) in [7, 11) is -1.02. The number of carbonyl (C=O) groups excluding carboxylic acids is 1. The summed E-state index contributed by atoms with van der Waals surface area (Å²) >= 11 is 11.9. The number of hydrogen-bond acceptors (Lipinski definition) is 4. The molecule has 4 rings (SSSR count). The van der Waals surface area contributed by atoms with Crippen molar-refractivity contribution >= 4 is 45.7 Å². The molecule has 0 spiro atoms. The monoisotopic (exact) mass is 435 g/mol. The summed E-state index contributed by atoms with van der Waals surface area (Å²) < 4.78 is 19.0. The van der Waals surface area contributed by atoms with Gasteiger partial charge in [-0.3, -0.25) is 9.00 Å². The first-order chi connectivity index (χ1) is 13.5. The predicted octanol–water partition coefficient (Wildman–Crippen LogP) is 3.96. The van der Waals surface area contributed by atoms with Crippen molar-refractivity contribution in [2.45, 2.75) is 11.5 Å². The zero-order valence-corrected chi connectivity index (χ0v) is 16.9. The quantitative estimate of drug-likeness (QED) is 0.657. The summed E-state index contributed by atoms with van der Waals surface area (Å²) in [4.78, 5) is 12.5. The number of benzene rings is 2. The average Bonchev–Trinajstić information content (AvgIpc) is 3.18. The molecule has 1 aromatic heterocycles. The molecule has 0 saturated carbocycles. The zero-order chi connectivity index (χ0) is 19.7. The van der Waals surface area contributed by atoms with Crippen LogP contribution in [0.25, 0.3) is 5.69 Å². The normalized spacial score (nSPS) is 15.3. The Hall–Kier alpha value is -2.35. The fourth-order valence-corrected chi connectivity index (χ4v) is 4.47. The lowest BCUT2D eigenvalue weighted by Gasteiger charge is -2.12. The average molecular weight is 436 g/mol. The van der Waals surface area contributed by atoms with Gasteiger partial charge < -0.3 is 10.1 Å². The Bertz CT molecular complexity index is 1070. The van der Waals surface area contributed by atoms with E-state index in [4.69, 9.17) is 27.9 Å². The van der Waals surface area contributed by atoms with Gasteiger partial charge in [-0.15, -0.1) is 0 Å². The van der Waals surface area contributed by atoms with Gasteiger partial charge in [-0.05, 0) is 42.5 Å². The van der Waals surface area contributed by atoms with E-state index in [0.717, 1.165) is 5.56 Å². The molecule has 6 nitrogen and oxygen atoms in total. The van der Waals surface area contributed by atoms with Crippen LogP contribution in [0.15, 0.2) is 48.5 Å². The molecule has 1 N–H and O–H groups in total. The molecule has 1 aliphatic rings. The van der Waals surface area contributed by atoms with Crippen LogP contribution in [0.1, 0.15) is 11.3 Å². The molecular formula is C19H15Cl2N3O3S. The van der Waals surface area contributed by atoms with E-state index < -0.39 is 10.8 Å². The van der Waals surface area contributed by atoms with Crippen LogP contribution < -0.4 is 10.1 Å². The smallest absolute Gasteiger partial charge is 0.263 e. The van der Waals surface area contributed by atoms with Crippen molar-refractivity contribution < 1.29 is 13.7 Å². The third-order valence-electron chi connectivity index (χ3n) is 4.16. The van der Waals surface area contributed by atoms with Gasteiger partial charge in [0.25, 0.3) is 5.91 Å². The van der Waals surface area contributed by atoms with E-state index in [1.54, 1.807) is 47.1 Å². The largest absolute Gasteiger partial charge is 0.484 e. The van der Waals surface area contributed by atoms with Crippen LogP contribution in [0.5, 0.6) is 5.75 Å². The van der Waals surface area contributed by atoms with Crippen molar-refractivity contribution in [3.05, 3.63) is 69.8 Å². The van der Waals surface area contributed by atoms with Crippen LogP contribution in [-0.2, 0) is 27.1 Å². The summed E-state index contributed by atoms with van der Waals surface area (Å²) in [5.41, 5.74) is 2.20. The van der Waals surface area contributed by atoms with Crippen molar-refractivity contribution in [1.29, 1.82) is 0 Å². The molecular weight excluding hydrogens is 421 g/mol. The molecule has 1 atom stereocenters. The van der Waals surface area contributed by atoms with E-state index in [9.17, 15) is 9.00 Å². The zero-order valence-electron chi connectivity index (χ0n) is 14.5. The van der Waals surface area contributed by atoms with Gasteiger partial charge in [0, 0.05) is 26.4 Å². The number of nitrogens with zero attached hydrogens (tertiary/aromatic N) is 2. The van der Waals surface area contributed by atoms with Crippen LogP contribution in [0.4, 0.5) is 5.82 Å². The van der Waals surface area contributed by atoms with Crippen molar-refractivity contribution in [3.63, 3.8) is 0 Å². The minimum absolute atomic E-state index is 0.180. The molecule has 0 aliphatic carbocycles.